The molecule has 1 fully saturated rings. The molecule has 0 N–H and O–H groups in total. The molecule has 0 aromatic rings. The van der Waals surface area contributed by atoms with Crippen molar-refractivity contribution in [3.8, 4) is 6.07 Å². The van der Waals surface area contributed by atoms with Gasteiger partial charge in [-0.05, 0) is 45.7 Å². The molecule has 0 aromatic carbocycles. The first-order valence-corrected chi connectivity index (χ1v) is 5.28. The molecule has 0 saturated carbocycles. The molecule has 2 heteroatoms. The zero-order valence-corrected chi connectivity index (χ0v) is 8.95. The smallest absolute Gasteiger partial charge is 0.0669 e. The van der Waals surface area contributed by atoms with Crippen molar-refractivity contribution < 1.29 is 0 Å². The summed E-state index contributed by atoms with van der Waals surface area (Å²) in [6.45, 7) is 8.85. The van der Waals surface area contributed by atoms with Crippen molar-refractivity contribution in [1.29, 1.82) is 5.26 Å². The number of nitrogens with zero attached hydrogens (tertiary/aromatic N) is 2. The highest BCUT2D eigenvalue weighted by molar-refractivity contribution is 4.89. The third kappa shape index (κ3) is 2.70. The van der Waals surface area contributed by atoms with Gasteiger partial charge in [-0.1, -0.05) is 6.92 Å². The average molecular weight is 180 g/mol. The molecule has 1 saturated heterocycles. The maximum atomic E-state index is 8.81. The van der Waals surface area contributed by atoms with Gasteiger partial charge in [0.15, 0.2) is 0 Å². The van der Waals surface area contributed by atoms with Crippen molar-refractivity contribution in [3.63, 3.8) is 0 Å². The maximum absolute atomic E-state index is 8.81. The van der Waals surface area contributed by atoms with E-state index < -0.39 is 0 Å². The van der Waals surface area contributed by atoms with E-state index in [-0.39, 0.29) is 5.92 Å². The summed E-state index contributed by atoms with van der Waals surface area (Å²) in [5.41, 5.74) is 0. The van der Waals surface area contributed by atoms with Gasteiger partial charge in [-0.15, -0.1) is 0 Å². The van der Waals surface area contributed by atoms with Crippen LogP contribution >= 0.6 is 0 Å². The van der Waals surface area contributed by atoms with Crippen molar-refractivity contribution in [3.05, 3.63) is 0 Å². The Labute approximate surface area is 81.5 Å². The molecule has 1 rings (SSSR count). The Morgan fingerprint density at radius 1 is 1.31 bits per heavy atom. The summed E-state index contributed by atoms with van der Waals surface area (Å²) >= 11 is 0. The van der Waals surface area contributed by atoms with Gasteiger partial charge in [0.25, 0.3) is 0 Å². The molecule has 0 amide bonds. The quantitative estimate of drug-likeness (QED) is 0.652. The van der Waals surface area contributed by atoms with E-state index in [0.29, 0.717) is 6.04 Å². The van der Waals surface area contributed by atoms with Crippen molar-refractivity contribution in [2.24, 2.45) is 11.8 Å². The number of hydrogen-bond acceptors (Lipinski definition) is 2. The minimum absolute atomic E-state index is 0.161. The first-order chi connectivity index (χ1) is 6.15. The summed E-state index contributed by atoms with van der Waals surface area (Å²) in [4.78, 5) is 2.45. The van der Waals surface area contributed by atoms with Crippen molar-refractivity contribution in [2.75, 3.05) is 13.1 Å². The standard InChI is InChI=1S/C11H20N2/c1-9-4-6-13(7-5-9)11(3)10(2)8-12/h9-11H,4-7H2,1-3H3. The van der Waals surface area contributed by atoms with Crippen LogP contribution in [0, 0.1) is 23.2 Å². The molecule has 2 nitrogen and oxygen atoms in total. The molecule has 1 aliphatic heterocycles. The lowest BCUT2D eigenvalue weighted by Gasteiger charge is -2.35. The Bertz CT molecular complexity index is 187. The number of nitriles is 1. The van der Waals surface area contributed by atoms with Crippen LogP contribution in [0.5, 0.6) is 0 Å². The molecule has 0 radical (unpaired) electrons. The fourth-order valence-electron chi connectivity index (χ4n) is 1.86. The van der Waals surface area contributed by atoms with Gasteiger partial charge in [-0.25, -0.2) is 0 Å². The van der Waals surface area contributed by atoms with Gasteiger partial charge >= 0.3 is 0 Å². The van der Waals surface area contributed by atoms with Gasteiger partial charge in [-0.3, -0.25) is 4.90 Å². The first-order valence-electron chi connectivity index (χ1n) is 5.28. The van der Waals surface area contributed by atoms with Crippen LogP contribution in [-0.4, -0.2) is 24.0 Å². The maximum Gasteiger partial charge on any atom is 0.0669 e. The van der Waals surface area contributed by atoms with Crippen molar-refractivity contribution in [1.82, 2.24) is 4.90 Å². The number of hydrogen-bond donors (Lipinski definition) is 0. The van der Waals surface area contributed by atoms with E-state index in [4.69, 9.17) is 5.26 Å². The second-order valence-corrected chi connectivity index (χ2v) is 4.38. The van der Waals surface area contributed by atoms with Crippen LogP contribution in [0.25, 0.3) is 0 Å². The molecule has 0 bridgehead atoms. The van der Waals surface area contributed by atoms with E-state index in [1.165, 1.54) is 25.9 Å². The number of rotatable bonds is 2. The minimum atomic E-state index is 0.161. The Kier molecular flexibility index (Phi) is 3.74. The number of likely N-dealkylation sites (tertiary alicyclic amines) is 1. The lowest BCUT2D eigenvalue weighted by atomic mass is 9.95. The molecule has 1 heterocycles. The largest absolute Gasteiger partial charge is 0.299 e. The lowest BCUT2D eigenvalue weighted by molar-refractivity contribution is 0.128. The lowest BCUT2D eigenvalue weighted by Crippen LogP contribution is -2.42. The van der Waals surface area contributed by atoms with Gasteiger partial charge in [0.05, 0.1) is 12.0 Å². The third-order valence-electron chi connectivity index (χ3n) is 3.32. The van der Waals surface area contributed by atoms with E-state index in [1.807, 2.05) is 6.92 Å². The molecule has 1 aliphatic rings. The van der Waals surface area contributed by atoms with E-state index in [9.17, 15) is 0 Å². The van der Waals surface area contributed by atoms with Gasteiger partial charge in [0.2, 0.25) is 0 Å². The molecule has 74 valence electrons. The minimum Gasteiger partial charge on any atom is -0.299 e. The average Bonchev–Trinajstić information content (AvgIpc) is 2.17. The van der Waals surface area contributed by atoms with E-state index in [1.54, 1.807) is 0 Å². The van der Waals surface area contributed by atoms with Crippen LogP contribution in [0.4, 0.5) is 0 Å². The predicted octanol–water partition coefficient (Wildman–Crippen LogP) is 2.27. The monoisotopic (exact) mass is 180 g/mol. The normalized spacial score (nSPS) is 25.1. The van der Waals surface area contributed by atoms with Crippen LogP contribution < -0.4 is 0 Å². The van der Waals surface area contributed by atoms with Gasteiger partial charge in [-0.2, -0.15) is 5.26 Å². The molecule has 0 aliphatic carbocycles. The van der Waals surface area contributed by atoms with Gasteiger partial charge in [0.1, 0.15) is 0 Å². The van der Waals surface area contributed by atoms with E-state index in [0.717, 1.165) is 5.92 Å². The number of piperidine rings is 1. The highest BCUT2D eigenvalue weighted by Gasteiger charge is 2.23. The Morgan fingerprint density at radius 3 is 2.31 bits per heavy atom. The second kappa shape index (κ2) is 4.62. The SMILES string of the molecule is CC1CCN(C(C)C(C)C#N)CC1. The molecule has 0 aromatic heterocycles. The summed E-state index contributed by atoms with van der Waals surface area (Å²) in [6, 6.07) is 2.76. The summed E-state index contributed by atoms with van der Waals surface area (Å²) in [7, 11) is 0. The van der Waals surface area contributed by atoms with Crippen LogP contribution in [0.2, 0.25) is 0 Å². The fraction of sp³-hybridized carbons (Fsp3) is 0.909. The van der Waals surface area contributed by atoms with Crippen molar-refractivity contribution in [2.45, 2.75) is 39.7 Å². The molecule has 2 unspecified atom stereocenters. The Balaban J connectivity index is 2.40. The van der Waals surface area contributed by atoms with E-state index in [2.05, 4.69) is 24.8 Å². The highest BCUT2D eigenvalue weighted by Crippen LogP contribution is 2.20. The summed E-state index contributed by atoms with van der Waals surface area (Å²) in [5, 5.41) is 8.81. The highest BCUT2D eigenvalue weighted by atomic mass is 15.2. The molecular weight excluding hydrogens is 160 g/mol. The third-order valence-corrected chi connectivity index (χ3v) is 3.32. The molecule has 0 spiro atoms. The molecular formula is C11H20N2. The summed E-state index contributed by atoms with van der Waals surface area (Å²) in [6.07, 6.45) is 2.59. The topological polar surface area (TPSA) is 27.0 Å². The first kappa shape index (κ1) is 10.5. The summed E-state index contributed by atoms with van der Waals surface area (Å²) < 4.78 is 0. The molecule has 2 atom stereocenters. The van der Waals surface area contributed by atoms with Gasteiger partial charge in [0, 0.05) is 6.04 Å². The second-order valence-electron chi connectivity index (χ2n) is 4.38. The van der Waals surface area contributed by atoms with Crippen LogP contribution in [0.15, 0.2) is 0 Å². The van der Waals surface area contributed by atoms with E-state index >= 15 is 0 Å². The van der Waals surface area contributed by atoms with Crippen LogP contribution in [0.3, 0.4) is 0 Å². The Morgan fingerprint density at radius 2 is 1.85 bits per heavy atom. The van der Waals surface area contributed by atoms with Crippen LogP contribution in [0.1, 0.15) is 33.6 Å². The fourth-order valence-corrected chi connectivity index (χ4v) is 1.86. The zero-order valence-electron chi connectivity index (χ0n) is 8.95. The molecule has 13 heavy (non-hydrogen) atoms. The zero-order chi connectivity index (χ0) is 9.84. The predicted molar refractivity (Wildman–Crippen MR) is 54.2 cm³/mol. The van der Waals surface area contributed by atoms with Crippen molar-refractivity contribution >= 4 is 0 Å². The van der Waals surface area contributed by atoms with Gasteiger partial charge < -0.3 is 0 Å². The Hall–Kier alpha value is -0.550. The summed E-state index contributed by atoms with van der Waals surface area (Å²) in [5.74, 6) is 1.04. The van der Waals surface area contributed by atoms with Crippen LogP contribution in [-0.2, 0) is 0 Å².